The number of nitrogens with zero attached hydrogens (tertiary/aromatic N) is 3. The second-order valence-corrected chi connectivity index (χ2v) is 4.15. The van der Waals surface area contributed by atoms with Crippen LogP contribution < -0.4 is 5.73 Å². The zero-order valence-corrected chi connectivity index (χ0v) is 10.1. The van der Waals surface area contributed by atoms with E-state index in [1.165, 1.54) is 16.8 Å². The third-order valence-electron chi connectivity index (χ3n) is 2.37. The summed E-state index contributed by atoms with van der Waals surface area (Å²) in [5.41, 5.74) is 7.02. The molecule has 0 atom stereocenters. The van der Waals surface area contributed by atoms with Gasteiger partial charge in [0, 0.05) is 5.02 Å². The van der Waals surface area contributed by atoms with E-state index in [0.717, 1.165) is 18.5 Å². The van der Waals surface area contributed by atoms with Crippen LogP contribution in [-0.4, -0.2) is 15.0 Å². The Bertz CT molecular complexity index is 518. The number of nitrogens with two attached hydrogens (primary N) is 1. The minimum absolute atomic E-state index is 0.316. The van der Waals surface area contributed by atoms with Crippen LogP contribution in [-0.2, 0) is 6.42 Å². The summed E-state index contributed by atoms with van der Waals surface area (Å²) in [5, 5.41) is 8.02. The Kier molecular flexibility index (Phi) is 3.28. The predicted octanol–water partition coefficient (Wildman–Crippen LogP) is 2.59. The molecule has 6 heteroatoms. The van der Waals surface area contributed by atoms with E-state index < -0.39 is 5.82 Å². The first kappa shape index (κ1) is 11.9. The lowest BCUT2D eigenvalue weighted by Gasteiger charge is -2.06. The van der Waals surface area contributed by atoms with Gasteiger partial charge in [0.1, 0.15) is 5.82 Å². The Morgan fingerprint density at radius 2 is 2.18 bits per heavy atom. The van der Waals surface area contributed by atoms with Crippen LogP contribution in [0, 0.1) is 5.82 Å². The van der Waals surface area contributed by atoms with Gasteiger partial charge in [-0.1, -0.05) is 30.2 Å². The predicted molar refractivity (Wildman–Crippen MR) is 64.7 cm³/mol. The van der Waals surface area contributed by atoms with E-state index in [-0.39, 0.29) is 0 Å². The molecule has 0 fully saturated rings. The molecule has 2 rings (SSSR count). The lowest BCUT2D eigenvalue weighted by Crippen LogP contribution is -2.04. The maximum Gasteiger partial charge on any atom is 0.169 e. The lowest BCUT2D eigenvalue weighted by molar-refractivity contribution is 0.623. The minimum Gasteiger partial charge on any atom is -0.381 e. The van der Waals surface area contributed by atoms with Gasteiger partial charge in [0.15, 0.2) is 5.82 Å². The van der Waals surface area contributed by atoms with E-state index >= 15 is 0 Å². The molecule has 0 aliphatic heterocycles. The second-order valence-electron chi connectivity index (χ2n) is 3.71. The molecule has 90 valence electrons. The van der Waals surface area contributed by atoms with Crippen LogP contribution in [0.15, 0.2) is 18.2 Å². The largest absolute Gasteiger partial charge is 0.381 e. The van der Waals surface area contributed by atoms with E-state index in [9.17, 15) is 4.39 Å². The van der Waals surface area contributed by atoms with Gasteiger partial charge in [0.2, 0.25) is 0 Å². The molecule has 2 aromatic rings. The Morgan fingerprint density at radius 1 is 1.41 bits per heavy atom. The minimum atomic E-state index is -0.413. The maximum absolute atomic E-state index is 13.3. The van der Waals surface area contributed by atoms with Crippen LogP contribution in [0.4, 0.5) is 10.2 Å². The highest BCUT2D eigenvalue weighted by Gasteiger charge is 2.12. The molecule has 17 heavy (non-hydrogen) atoms. The average molecular weight is 255 g/mol. The Morgan fingerprint density at radius 3 is 2.82 bits per heavy atom. The number of rotatable bonds is 3. The highest BCUT2D eigenvalue weighted by molar-refractivity contribution is 6.30. The van der Waals surface area contributed by atoms with Crippen LogP contribution in [0.25, 0.3) is 5.69 Å². The second kappa shape index (κ2) is 4.71. The van der Waals surface area contributed by atoms with E-state index in [4.69, 9.17) is 17.3 Å². The van der Waals surface area contributed by atoms with Crippen molar-refractivity contribution in [1.29, 1.82) is 0 Å². The molecule has 0 aliphatic rings. The molecule has 0 radical (unpaired) electrons. The third-order valence-corrected chi connectivity index (χ3v) is 2.59. The average Bonchev–Trinajstić information content (AvgIpc) is 2.60. The first-order valence-electron chi connectivity index (χ1n) is 5.28. The van der Waals surface area contributed by atoms with Gasteiger partial charge in [0.25, 0.3) is 0 Å². The van der Waals surface area contributed by atoms with Crippen LogP contribution >= 0.6 is 11.6 Å². The summed E-state index contributed by atoms with van der Waals surface area (Å²) in [6.07, 6.45) is 1.63. The molecular formula is C11H12ClFN4. The molecule has 1 aromatic heterocycles. The van der Waals surface area contributed by atoms with Crippen molar-refractivity contribution >= 4 is 17.4 Å². The topological polar surface area (TPSA) is 56.7 Å². The molecule has 4 nitrogen and oxygen atoms in total. The number of nitrogen functional groups attached to an aromatic ring is 1. The van der Waals surface area contributed by atoms with Crippen molar-refractivity contribution in [3.63, 3.8) is 0 Å². The molecular weight excluding hydrogens is 243 g/mol. The van der Waals surface area contributed by atoms with Crippen LogP contribution in [0.5, 0.6) is 0 Å². The van der Waals surface area contributed by atoms with Crippen LogP contribution in [0.3, 0.4) is 0 Å². The molecule has 1 heterocycles. The number of aromatic nitrogens is 3. The first-order chi connectivity index (χ1) is 8.11. The molecule has 0 saturated heterocycles. The van der Waals surface area contributed by atoms with E-state index in [1.54, 1.807) is 6.07 Å². The van der Waals surface area contributed by atoms with E-state index in [0.29, 0.717) is 16.5 Å². The number of hydrogen-bond acceptors (Lipinski definition) is 3. The van der Waals surface area contributed by atoms with Gasteiger partial charge in [-0.2, -0.15) is 0 Å². The summed E-state index contributed by atoms with van der Waals surface area (Å²) in [4.78, 5) is 0. The van der Waals surface area contributed by atoms with Gasteiger partial charge in [-0.3, -0.25) is 0 Å². The zero-order chi connectivity index (χ0) is 12.4. The van der Waals surface area contributed by atoms with Crippen LogP contribution in [0.2, 0.25) is 5.02 Å². The maximum atomic E-state index is 13.3. The first-order valence-corrected chi connectivity index (χ1v) is 5.66. The van der Waals surface area contributed by atoms with Crippen molar-refractivity contribution in [1.82, 2.24) is 15.0 Å². The molecule has 0 saturated carbocycles. The number of anilines is 1. The summed E-state index contributed by atoms with van der Waals surface area (Å²) in [5.74, 6) is -0.0451. The van der Waals surface area contributed by atoms with Gasteiger partial charge in [-0.05, 0) is 24.6 Å². The van der Waals surface area contributed by atoms with E-state index in [2.05, 4.69) is 10.3 Å². The molecule has 0 spiro atoms. The molecule has 0 aliphatic carbocycles. The Labute approximate surface area is 103 Å². The van der Waals surface area contributed by atoms with Gasteiger partial charge in [0.05, 0.1) is 11.4 Å². The fraction of sp³-hybridized carbons (Fsp3) is 0.273. The molecule has 2 N–H and O–H groups in total. The van der Waals surface area contributed by atoms with E-state index in [1.807, 2.05) is 6.92 Å². The van der Waals surface area contributed by atoms with Crippen molar-refractivity contribution < 1.29 is 4.39 Å². The number of benzene rings is 1. The zero-order valence-electron chi connectivity index (χ0n) is 9.32. The van der Waals surface area contributed by atoms with Gasteiger partial charge >= 0.3 is 0 Å². The summed E-state index contributed by atoms with van der Waals surface area (Å²) in [6, 6.07) is 4.21. The smallest absolute Gasteiger partial charge is 0.169 e. The van der Waals surface area contributed by atoms with Crippen LogP contribution in [0.1, 0.15) is 19.0 Å². The SMILES string of the molecule is CCCc1c(N)nnn1-c1cc(F)cc(Cl)c1. The monoisotopic (exact) mass is 254 g/mol. The van der Waals surface area contributed by atoms with Crippen molar-refractivity contribution in [2.45, 2.75) is 19.8 Å². The highest BCUT2D eigenvalue weighted by atomic mass is 35.5. The van der Waals surface area contributed by atoms with Gasteiger partial charge in [-0.25, -0.2) is 9.07 Å². The van der Waals surface area contributed by atoms with Crippen molar-refractivity contribution in [3.05, 3.63) is 34.7 Å². The van der Waals surface area contributed by atoms with Crippen molar-refractivity contribution in [2.75, 3.05) is 5.73 Å². The number of halogens is 2. The molecule has 0 bridgehead atoms. The Hall–Kier alpha value is -1.62. The third kappa shape index (κ3) is 2.39. The van der Waals surface area contributed by atoms with Gasteiger partial charge in [-0.15, -0.1) is 5.10 Å². The summed E-state index contributed by atoms with van der Waals surface area (Å²) in [7, 11) is 0. The normalized spacial score (nSPS) is 10.8. The fourth-order valence-electron chi connectivity index (χ4n) is 1.65. The summed E-state index contributed by atoms with van der Waals surface area (Å²) < 4.78 is 14.8. The molecule has 1 aromatic carbocycles. The highest BCUT2D eigenvalue weighted by Crippen LogP contribution is 2.20. The van der Waals surface area contributed by atoms with Crippen molar-refractivity contribution in [3.8, 4) is 5.69 Å². The standard InChI is InChI=1S/C11H12ClFN4/c1-2-3-10-11(14)15-16-17(10)9-5-7(12)4-8(13)6-9/h4-6H,2-3,14H2,1H3. The Balaban J connectivity index is 2.52. The molecule has 0 unspecified atom stereocenters. The fourth-order valence-corrected chi connectivity index (χ4v) is 1.87. The molecule has 0 amide bonds. The summed E-state index contributed by atoms with van der Waals surface area (Å²) >= 11 is 5.80. The lowest BCUT2D eigenvalue weighted by atomic mass is 10.2. The summed E-state index contributed by atoms with van der Waals surface area (Å²) in [6.45, 7) is 2.02. The van der Waals surface area contributed by atoms with Gasteiger partial charge < -0.3 is 5.73 Å². The quantitative estimate of drug-likeness (QED) is 0.916. The number of hydrogen-bond donors (Lipinski definition) is 1. The van der Waals surface area contributed by atoms with Crippen molar-refractivity contribution in [2.24, 2.45) is 0 Å².